The van der Waals surface area contributed by atoms with Crippen molar-refractivity contribution in [2.24, 2.45) is 0 Å². The molecule has 0 heterocycles. The molecule has 110 valence electrons. The molecule has 0 aliphatic rings. The molecule has 0 fully saturated rings. The molecule has 0 aromatic heterocycles. The van der Waals surface area contributed by atoms with Crippen molar-refractivity contribution in [2.45, 2.75) is 16.0 Å². The van der Waals surface area contributed by atoms with E-state index in [1.807, 2.05) is 0 Å². The highest BCUT2D eigenvalue weighted by molar-refractivity contribution is 7.99. The maximum atomic E-state index is 12.6. The molecule has 0 spiro atoms. The van der Waals surface area contributed by atoms with Crippen molar-refractivity contribution < 1.29 is 18.1 Å². The lowest BCUT2D eigenvalue weighted by molar-refractivity contribution is -0.388. The topological polar surface area (TPSA) is 43.1 Å². The monoisotopic (exact) mass is 333 g/mol. The van der Waals surface area contributed by atoms with E-state index in [1.54, 1.807) is 24.3 Å². The van der Waals surface area contributed by atoms with Gasteiger partial charge in [0.2, 0.25) is 0 Å². The Morgan fingerprint density at radius 1 is 1.14 bits per heavy atom. The van der Waals surface area contributed by atoms with Crippen molar-refractivity contribution in [1.82, 2.24) is 0 Å². The third kappa shape index (κ3) is 3.89. The Bertz CT molecular complexity index is 691. The second-order valence-electron chi connectivity index (χ2n) is 4.00. The Morgan fingerprint density at radius 2 is 1.86 bits per heavy atom. The molecule has 0 amide bonds. The Morgan fingerprint density at radius 3 is 2.43 bits per heavy atom. The van der Waals surface area contributed by atoms with Gasteiger partial charge < -0.3 is 0 Å². The van der Waals surface area contributed by atoms with Gasteiger partial charge in [-0.15, -0.1) is 0 Å². The van der Waals surface area contributed by atoms with Crippen LogP contribution in [0.3, 0.4) is 0 Å². The molecule has 0 saturated carbocycles. The minimum Gasteiger partial charge on any atom is -0.258 e. The van der Waals surface area contributed by atoms with Crippen molar-refractivity contribution in [3.8, 4) is 0 Å². The molecule has 2 aromatic carbocycles. The van der Waals surface area contributed by atoms with Crippen LogP contribution >= 0.6 is 23.4 Å². The maximum Gasteiger partial charge on any atom is 0.416 e. The van der Waals surface area contributed by atoms with Crippen molar-refractivity contribution in [3.05, 3.63) is 63.2 Å². The number of benzene rings is 2. The van der Waals surface area contributed by atoms with E-state index in [-0.39, 0.29) is 4.90 Å². The molecule has 2 rings (SSSR count). The lowest BCUT2D eigenvalue weighted by atomic mass is 10.2. The Balaban J connectivity index is 2.42. The second kappa shape index (κ2) is 5.95. The first kappa shape index (κ1) is 15.7. The van der Waals surface area contributed by atoms with Crippen LogP contribution in [0.2, 0.25) is 5.02 Å². The molecule has 0 aliphatic carbocycles. The largest absolute Gasteiger partial charge is 0.416 e. The summed E-state index contributed by atoms with van der Waals surface area (Å²) in [5.74, 6) is 0. The van der Waals surface area contributed by atoms with Crippen molar-refractivity contribution in [3.63, 3.8) is 0 Å². The Hall–Kier alpha value is -1.73. The van der Waals surface area contributed by atoms with Crippen molar-refractivity contribution in [1.29, 1.82) is 0 Å². The van der Waals surface area contributed by atoms with Gasteiger partial charge in [0.05, 0.1) is 15.4 Å². The van der Waals surface area contributed by atoms with Gasteiger partial charge in [0, 0.05) is 16.0 Å². The van der Waals surface area contributed by atoms with Crippen molar-refractivity contribution in [2.75, 3.05) is 0 Å². The van der Waals surface area contributed by atoms with Gasteiger partial charge in [0.1, 0.15) is 0 Å². The van der Waals surface area contributed by atoms with Crippen LogP contribution in [0, 0.1) is 10.1 Å². The van der Waals surface area contributed by atoms with E-state index in [2.05, 4.69) is 0 Å². The average molecular weight is 334 g/mol. The first-order chi connectivity index (χ1) is 9.77. The van der Waals surface area contributed by atoms with Crippen LogP contribution in [-0.4, -0.2) is 4.92 Å². The Kier molecular flexibility index (Phi) is 4.43. The van der Waals surface area contributed by atoms with Gasteiger partial charge >= 0.3 is 6.18 Å². The average Bonchev–Trinajstić information content (AvgIpc) is 2.37. The van der Waals surface area contributed by atoms with Gasteiger partial charge in [-0.1, -0.05) is 29.4 Å². The van der Waals surface area contributed by atoms with Crippen LogP contribution in [0.25, 0.3) is 0 Å². The minimum absolute atomic E-state index is 0.121. The van der Waals surface area contributed by atoms with Gasteiger partial charge in [-0.05, 0) is 30.3 Å². The van der Waals surface area contributed by atoms with Crippen LogP contribution in [0.5, 0.6) is 0 Å². The first-order valence-electron chi connectivity index (χ1n) is 5.56. The summed E-state index contributed by atoms with van der Waals surface area (Å²) in [5.41, 5.74) is -1.64. The van der Waals surface area contributed by atoms with E-state index < -0.39 is 22.4 Å². The van der Waals surface area contributed by atoms with Gasteiger partial charge in [-0.2, -0.15) is 13.2 Å². The van der Waals surface area contributed by atoms with E-state index in [0.717, 1.165) is 23.9 Å². The highest BCUT2D eigenvalue weighted by Gasteiger charge is 2.33. The molecule has 0 atom stereocenters. The second-order valence-corrected chi connectivity index (χ2v) is 5.55. The van der Waals surface area contributed by atoms with E-state index in [4.69, 9.17) is 11.6 Å². The molecule has 0 unspecified atom stereocenters. The predicted molar refractivity (Wildman–Crippen MR) is 73.7 cm³/mol. The third-order valence-electron chi connectivity index (χ3n) is 2.51. The molecule has 2 aromatic rings. The van der Waals surface area contributed by atoms with Gasteiger partial charge in [0.25, 0.3) is 5.69 Å². The highest BCUT2D eigenvalue weighted by atomic mass is 35.5. The fourth-order valence-electron chi connectivity index (χ4n) is 1.58. The predicted octanol–water partition coefficient (Wildman–Crippen LogP) is 5.42. The number of alkyl halides is 3. The summed E-state index contributed by atoms with van der Waals surface area (Å²) in [7, 11) is 0. The lowest BCUT2D eigenvalue weighted by Crippen LogP contribution is -2.05. The molecule has 3 nitrogen and oxygen atoms in total. The number of hydrogen-bond donors (Lipinski definition) is 0. The number of nitro groups is 1. The molecule has 0 N–H and O–H groups in total. The maximum absolute atomic E-state index is 12.6. The molecule has 21 heavy (non-hydrogen) atoms. The summed E-state index contributed by atoms with van der Waals surface area (Å²) in [5, 5.41) is 11.4. The van der Waals surface area contributed by atoms with E-state index in [1.165, 1.54) is 0 Å². The molecule has 0 bridgehead atoms. The smallest absolute Gasteiger partial charge is 0.258 e. The summed E-state index contributed by atoms with van der Waals surface area (Å²) >= 11 is 6.79. The van der Waals surface area contributed by atoms with Crippen LogP contribution in [0.15, 0.2) is 52.3 Å². The summed E-state index contributed by atoms with van der Waals surface area (Å²) < 4.78 is 37.8. The molecule has 0 saturated heterocycles. The first-order valence-corrected chi connectivity index (χ1v) is 6.76. The number of nitro benzene ring substituents is 1. The van der Waals surface area contributed by atoms with E-state index in [0.29, 0.717) is 16.0 Å². The molecule has 8 heteroatoms. The van der Waals surface area contributed by atoms with Crippen LogP contribution < -0.4 is 0 Å². The molecule has 0 aliphatic heterocycles. The summed E-state index contributed by atoms with van der Waals surface area (Å²) in [6, 6.07) is 8.97. The zero-order valence-electron chi connectivity index (χ0n) is 10.2. The number of hydrogen-bond acceptors (Lipinski definition) is 3. The van der Waals surface area contributed by atoms with Crippen LogP contribution in [0.1, 0.15) is 5.56 Å². The van der Waals surface area contributed by atoms with Crippen LogP contribution in [0.4, 0.5) is 18.9 Å². The zero-order chi connectivity index (χ0) is 15.6. The molecule has 0 radical (unpaired) electrons. The summed E-state index contributed by atoms with van der Waals surface area (Å²) in [6.07, 6.45) is -4.62. The number of rotatable bonds is 3. The van der Waals surface area contributed by atoms with Crippen molar-refractivity contribution >= 4 is 29.1 Å². The normalized spacial score (nSPS) is 11.4. The SMILES string of the molecule is O=[N+]([O-])c1cc(C(F)(F)F)ccc1Sc1cccc(Cl)c1. The quantitative estimate of drug-likeness (QED) is 0.556. The van der Waals surface area contributed by atoms with Gasteiger partial charge in [-0.3, -0.25) is 10.1 Å². The highest BCUT2D eigenvalue weighted by Crippen LogP contribution is 2.39. The van der Waals surface area contributed by atoms with Crippen LogP contribution in [-0.2, 0) is 6.18 Å². The fourth-order valence-corrected chi connectivity index (χ4v) is 2.80. The molecular formula is C13H7ClF3NO2S. The van der Waals surface area contributed by atoms with E-state index in [9.17, 15) is 23.3 Å². The van der Waals surface area contributed by atoms with Gasteiger partial charge in [-0.25, -0.2) is 0 Å². The van der Waals surface area contributed by atoms with E-state index >= 15 is 0 Å². The standard InChI is InChI=1S/C13H7ClF3NO2S/c14-9-2-1-3-10(7-9)21-12-5-4-8(13(15,16)17)6-11(12)18(19)20/h1-7H. The Labute approximate surface area is 126 Å². The summed E-state index contributed by atoms with van der Waals surface area (Å²) in [4.78, 5) is 10.8. The number of halogens is 4. The minimum atomic E-state index is -4.62. The number of nitrogens with zero attached hydrogens (tertiary/aromatic N) is 1. The zero-order valence-corrected chi connectivity index (χ0v) is 11.8. The fraction of sp³-hybridized carbons (Fsp3) is 0.0769. The van der Waals surface area contributed by atoms with Gasteiger partial charge in [0.15, 0.2) is 0 Å². The summed E-state index contributed by atoms with van der Waals surface area (Å²) in [6.45, 7) is 0. The lowest BCUT2D eigenvalue weighted by Gasteiger charge is -2.08. The third-order valence-corrected chi connectivity index (χ3v) is 3.80. The molecular weight excluding hydrogens is 327 g/mol.